The van der Waals surface area contributed by atoms with Gasteiger partial charge in [0.15, 0.2) is 6.29 Å². The molecule has 1 heterocycles. The number of fused-ring (bicyclic) bond motifs is 1. The Morgan fingerprint density at radius 1 is 0.851 bits per heavy atom. The van der Waals surface area contributed by atoms with E-state index in [0.717, 1.165) is 36.0 Å². The van der Waals surface area contributed by atoms with Crippen LogP contribution in [0.1, 0.15) is 92.6 Å². The number of carboxylic acids is 1. The van der Waals surface area contributed by atoms with Gasteiger partial charge in [0.05, 0.1) is 18.8 Å². The van der Waals surface area contributed by atoms with Gasteiger partial charge in [0.2, 0.25) is 5.91 Å². The number of anilines is 1. The number of carbonyl (C=O) groups is 2. The van der Waals surface area contributed by atoms with Gasteiger partial charge in [-0.2, -0.15) is 0 Å². The average molecular weight is 639 g/mol. The molecule has 1 aliphatic rings. The molecule has 0 unspecified atom stereocenters. The van der Waals surface area contributed by atoms with Crippen molar-refractivity contribution in [2.24, 2.45) is 0 Å². The lowest BCUT2D eigenvalue weighted by atomic mass is 9.98. The van der Waals surface area contributed by atoms with Crippen LogP contribution in [0.25, 0.3) is 10.8 Å². The highest BCUT2D eigenvalue weighted by Crippen LogP contribution is 2.39. The fraction of sp³-hybridized carbons (Fsp3) is 0.385. The molecule has 5 rings (SSSR count). The second-order valence-corrected chi connectivity index (χ2v) is 12.6. The number of aliphatic hydroxyl groups excluding tert-OH is 1. The van der Waals surface area contributed by atoms with E-state index in [2.05, 4.69) is 66.7 Å². The lowest BCUT2D eigenvalue weighted by molar-refractivity contribution is -0.253. The van der Waals surface area contributed by atoms with E-state index in [-0.39, 0.29) is 37.2 Å². The summed E-state index contributed by atoms with van der Waals surface area (Å²) >= 11 is 0. The fourth-order valence-corrected chi connectivity index (χ4v) is 6.10. The maximum absolute atomic E-state index is 12.5. The van der Waals surface area contributed by atoms with Gasteiger partial charge in [-0.15, -0.1) is 0 Å². The Balaban J connectivity index is 1.23. The van der Waals surface area contributed by atoms with Gasteiger partial charge < -0.3 is 25.0 Å². The van der Waals surface area contributed by atoms with Gasteiger partial charge in [0.25, 0.3) is 0 Å². The highest BCUT2D eigenvalue weighted by molar-refractivity contribution is 5.90. The van der Waals surface area contributed by atoms with E-state index in [0.29, 0.717) is 31.5 Å². The molecule has 4 atom stereocenters. The molecule has 3 N–H and O–H groups in total. The Labute approximate surface area is 277 Å². The second kappa shape index (κ2) is 16.7. The fourth-order valence-electron chi connectivity index (χ4n) is 6.10. The molecule has 0 spiro atoms. The van der Waals surface area contributed by atoms with Crippen molar-refractivity contribution in [1.29, 1.82) is 0 Å². The first kappa shape index (κ1) is 34.3. The average Bonchev–Trinajstić information content (AvgIpc) is 3.09. The first-order valence-corrected chi connectivity index (χ1v) is 16.6. The molecule has 0 aliphatic carbocycles. The number of carboxylic acid groups (broad SMARTS) is 1. The quantitative estimate of drug-likeness (QED) is 0.114. The van der Waals surface area contributed by atoms with Crippen LogP contribution in [-0.4, -0.2) is 46.7 Å². The van der Waals surface area contributed by atoms with Crippen LogP contribution in [0.3, 0.4) is 0 Å². The molecule has 1 amide bonds. The maximum Gasteiger partial charge on any atom is 0.303 e. The van der Waals surface area contributed by atoms with Crippen LogP contribution < -0.4 is 5.32 Å². The van der Waals surface area contributed by atoms with Gasteiger partial charge in [0, 0.05) is 43.1 Å². The van der Waals surface area contributed by atoms with Crippen LogP contribution in [-0.2, 0) is 25.7 Å². The highest BCUT2D eigenvalue weighted by Gasteiger charge is 2.33. The molecule has 1 aliphatic heterocycles. The van der Waals surface area contributed by atoms with Crippen LogP contribution >= 0.6 is 0 Å². The predicted molar refractivity (Wildman–Crippen MR) is 184 cm³/mol. The Morgan fingerprint density at radius 3 is 2.23 bits per heavy atom. The number of unbranched alkanes of at least 4 members (excludes halogenated alkanes) is 3. The molecule has 0 bridgehead atoms. The minimum absolute atomic E-state index is 0.00665. The van der Waals surface area contributed by atoms with Crippen molar-refractivity contribution in [3.05, 3.63) is 113 Å². The second-order valence-electron chi connectivity index (χ2n) is 12.6. The molecular formula is C39H46N2O6. The van der Waals surface area contributed by atoms with E-state index >= 15 is 0 Å². The highest BCUT2D eigenvalue weighted by atomic mass is 16.7. The number of amides is 1. The number of benzene rings is 4. The Bertz CT molecular complexity index is 1610. The number of aliphatic hydroxyl groups is 1. The molecule has 0 aromatic heterocycles. The normalized spacial score (nSPS) is 18.7. The number of nitrogens with zero attached hydrogens (tertiary/aromatic N) is 1. The summed E-state index contributed by atoms with van der Waals surface area (Å²) in [7, 11) is 2.13. The summed E-state index contributed by atoms with van der Waals surface area (Å²) in [6.07, 6.45) is 3.38. The van der Waals surface area contributed by atoms with Crippen LogP contribution in [0.4, 0.5) is 5.69 Å². The SMILES string of the molecule is C[C@H](c1ccc2ccccc2c1)N(C)C[C@H]1C[C@@H](c2ccc(CO)cc2)O[C@@H](c2ccc(NC(=O)CCCCCCC(=O)O)cc2)O1. The van der Waals surface area contributed by atoms with Crippen molar-refractivity contribution in [3.63, 3.8) is 0 Å². The van der Waals surface area contributed by atoms with Crippen LogP contribution in [0.2, 0.25) is 0 Å². The van der Waals surface area contributed by atoms with Crippen molar-refractivity contribution in [2.45, 2.75) is 83.0 Å². The lowest BCUT2D eigenvalue weighted by Gasteiger charge is -2.39. The standard InChI is InChI=1S/C39H46N2O6/c1-27(32-18-17-29-9-7-8-10-33(29)23-32)41(2)25-35-24-36(30-15-13-28(26-42)14-16-30)47-39(46-35)31-19-21-34(22-20-31)40-37(43)11-5-3-4-6-12-38(44)45/h7-10,13-23,27,35-36,39,42H,3-6,11-12,24-26H2,1-2H3,(H,40,43)(H,44,45)/t27-,35-,36+,39+/m1/s1. The molecular weight excluding hydrogens is 592 g/mol. The van der Waals surface area contributed by atoms with Gasteiger partial charge in [-0.05, 0) is 72.5 Å². The van der Waals surface area contributed by atoms with E-state index in [4.69, 9.17) is 14.6 Å². The van der Waals surface area contributed by atoms with Gasteiger partial charge in [-0.3, -0.25) is 14.5 Å². The van der Waals surface area contributed by atoms with Gasteiger partial charge in [-0.1, -0.05) is 85.6 Å². The smallest absolute Gasteiger partial charge is 0.303 e. The Kier molecular flexibility index (Phi) is 12.1. The summed E-state index contributed by atoms with van der Waals surface area (Å²) in [5.74, 6) is -0.840. The van der Waals surface area contributed by atoms with Crippen molar-refractivity contribution in [3.8, 4) is 0 Å². The summed E-state index contributed by atoms with van der Waals surface area (Å²) in [4.78, 5) is 25.5. The van der Waals surface area contributed by atoms with Crippen LogP contribution in [0.5, 0.6) is 0 Å². The maximum atomic E-state index is 12.5. The summed E-state index contributed by atoms with van der Waals surface area (Å²) in [6, 6.07) is 30.7. The number of hydrogen-bond donors (Lipinski definition) is 3. The molecule has 1 fully saturated rings. The van der Waals surface area contributed by atoms with Crippen molar-refractivity contribution in [2.75, 3.05) is 18.9 Å². The van der Waals surface area contributed by atoms with Crippen LogP contribution in [0, 0.1) is 0 Å². The predicted octanol–water partition coefficient (Wildman–Crippen LogP) is 7.93. The zero-order valence-corrected chi connectivity index (χ0v) is 27.3. The number of rotatable bonds is 15. The lowest BCUT2D eigenvalue weighted by Crippen LogP contribution is -2.38. The monoisotopic (exact) mass is 638 g/mol. The number of aliphatic carboxylic acids is 1. The summed E-state index contributed by atoms with van der Waals surface area (Å²) in [5, 5.41) is 23.7. The largest absolute Gasteiger partial charge is 0.481 e. The number of carbonyl (C=O) groups excluding carboxylic acids is 1. The van der Waals surface area contributed by atoms with Gasteiger partial charge in [-0.25, -0.2) is 0 Å². The number of ether oxygens (including phenoxy) is 2. The third-order valence-corrected chi connectivity index (χ3v) is 9.03. The molecule has 4 aromatic rings. The summed E-state index contributed by atoms with van der Waals surface area (Å²) in [6.45, 7) is 2.93. The summed E-state index contributed by atoms with van der Waals surface area (Å²) in [5.41, 5.74) is 4.72. The van der Waals surface area contributed by atoms with Crippen molar-refractivity contribution < 1.29 is 29.3 Å². The zero-order valence-electron chi connectivity index (χ0n) is 27.3. The molecule has 8 heteroatoms. The Hall–Kier alpha value is -4.08. The molecule has 0 saturated carbocycles. The van der Waals surface area contributed by atoms with Crippen molar-refractivity contribution >= 4 is 28.3 Å². The summed E-state index contributed by atoms with van der Waals surface area (Å²) < 4.78 is 13.1. The number of likely N-dealkylation sites (N-methyl/N-ethyl adjacent to an activating group) is 1. The Morgan fingerprint density at radius 2 is 1.53 bits per heavy atom. The molecule has 8 nitrogen and oxygen atoms in total. The number of hydrogen-bond acceptors (Lipinski definition) is 6. The molecule has 1 saturated heterocycles. The molecule has 0 radical (unpaired) electrons. The van der Waals surface area contributed by atoms with E-state index in [1.54, 1.807) is 0 Å². The minimum Gasteiger partial charge on any atom is -0.481 e. The molecule has 4 aromatic carbocycles. The molecule has 47 heavy (non-hydrogen) atoms. The van der Waals surface area contributed by atoms with Crippen molar-refractivity contribution in [1.82, 2.24) is 4.90 Å². The van der Waals surface area contributed by atoms with E-state index in [1.165, 1.54) is 16.3 Å². The number of nitrogens with one attached hydrogen (secondary N) is 1. The van der Waals surface area contributed by atoms with E-state index in [9.17, 15) is 14.7 Å². The third kappa shape index (κ3) is 9.72. The molecule has 248 valence electrons. The third-order valence-electron chi connectivity index (χ3n) is 9.03. The minimum atomic E-state index is -0.781. The first-order chi connectivity index (χ1) is 22.8. The zero-order chi connectivity index (χ0) is 33.2. The van der Waals surface area contributed by atoms with Gasteiger partial charge in [0.1, 0.15) is 0 Å². The first-order valence-electron chi connectivity index (χ1n) is 16.6. The topological polar surface area (TPSA) is 108 Å². The van der Waals surface area contributed by atoms with Gasteiger partial charge >= 0.3 is 5.97 Å². The van der Waals surface area contributed by atoms with E-state index in [1.807, 2.05) is 48.5 Å². The van der Waals surface area contributed by atoms with Crippen LogP contribution in [0.15, 0.2) is 91.0 Å². The van der Waals surface area contributed by atoms with E-state index < -0.39 is 12.3 Å².